The van der Waals surface area contributed by atoms with Crippen molar-refractivity contribution in [3.05, 3.63) is 0 Å². The standard InChI is InChI=1S/C10H18N2O/c1-7-4-3-5-10(8(7)2)6-12-9(11)13-10/h7-8H,3-6H2,1-2H3,(H2,11,12). The third-order valence-corrected chi connectivity index (χ3v) is 3.75. The van der Waals surface area contributed by atoms with Crippen LogP contribution in [0.1, 0.15) is 33.1 Å². The van der Waals surface area contributed by atoms with E-state index in [4.69, 9.17) is 10.5 Å². The molecule has 2 N–H and O–H groups in total. The van der Waals surface area contributed by atoms with Gasteiger partial charge in [0.15, 0.2) is 0 Å². The summed E-state index contributed by atoms with van der Waals surface area (Å²) in [6.07, 6.45) is 3.67. The van der Waals surface area contributed by atoms with Crippen molar-refractivity contribution in [3.63, 3.8) is 0 Å². The number of nitrogens with two attached hydrogens (primary N) is 1. The van der Waals surface area contributed by atoms with Crippen LogP contribution in [0.25, 0.3) is 0 Å². The number of hydrogen-bond acceptors (Lipinski definition) is 3. The third-order valence-electron chi connectivity index (χ3n) is 3.75. The Kier molecular flexibility index (Phi) is 1.97. The first-order valence-corrected chi connectivity index (χ1v) is 5.13. The van der Waals surface area contributed by atoms with Gasteiger partial charge in [-0.1, -0.05) is 20.3 Å². The fraction of sp³-hybridized carbons (Fsp3) is 0.900. The molecule has 3 unspecified atom stereocenters. The molecule has 2 rings (SSSR count). The molecule has 0 amide bonds. The summed E-state index contributed by atoms with van der Waals surface area (Å²) in [5.74, 6) is 1.31. The smallest absolute Gasteiger partial charge is 0.282 e. The minimum Gasteiger partial charge on any atom is -0.457 e. The molecular formula is C10H18N2O. The van der Waals surface area contributed by atoms with Gasteiger partial charge in [-0.3, -0.25) is 0 Å². The highest BCUT2D eigenvalue weighted by Gasteiger charge is 2.46. The van der Waals surface area contributed by atoms with Gasteiger partial charge in [-0.05, 0) is 18.8 Å². The minimum atomic E-state index is -0.0538. The average molecular weight is 182 g/mol. The molecule has 1 aliphatic carbocycles. The largest absolute Gasteiger partial charge is 0.457 e. The summed E-state index contributed by atoms with van der Waals surface area (Å²) in [6, 6.07) is 0.390. The molecule has 0 bridgehead atoms. The van der Waals surface area contributed by atoms with E-state index in [1.54, 1.807) is 0 Å². The van der Waals surface area contributed by atoms with Gasteiger partial charge in [0.1, 0.15) is 5.60 Å². The Hall–Kier alpha value is -0.730. The lowest BCUT2D eigenvalue weighted by molar-refractivity contribution is -0.0277. The Balaban J connectivity index is 2.14. The quantitative estimate of drug-likeness (QED) is 0.617. The van der Waals surface area contributed by atoms with Crippen LogP contribution in [0, 0.1) is 11.8 Å². The van der Waals surface area contributed by atoms with Crippen LogP contribution in [0.5, 0.6) is 0 Å². The Morgan fingerprint density at radius 3 is 2.92 bits per heavy atom. The Morgan fingerprint density at radius 1 is 1.54 bits per heavy atom. The second-order valence-corrected chi connectivity index (χ2v) is 4.48. The Bertz CT molecular complexity index is 239. The van der Waals surface area contributed by atoms with E-state index in [0.29, 0.717) is 11.9 Å². The number of ether oxygens (including phenoxy) is 1. The monoisotopic (exact) mass is 182 g/mol. The fourth-order valence-corrected chi connectivity index (χ4v) is 2.57. The van der Waals surface area contributed by atoms with Gasteiger partial charge in [0.2, 0.25) is 0 Å². The van der Waals surface area contributed by atoms with Crippen molar-refractivity contribution in [2.45, 2.75) is 38.7 Å². The molecule has 0 saturated heterocycles. The van der Waals surface area contributed by atoms with E-state index in [2.05, 4.69) is 18.8 Å². The summed E-state index contributed by atoms with van der Waals surface area (Å²) in [5.41, 5.74) is 5.52. The van der Waals surface area contributed by atoms with Crippen molar-refractivity contribution in [2.24, 2.45) is 22.6 Å². The van der Waals surface area contributed by atoms with E-state index in [9.17, 15) is 0 Å². The summed E-state index contributed by atoms with van der Waals surface area (Å²) in [7, 11) is 0. The molecule has 1 spiro atoms. The second kappa shape index (κ2) is 2.89. The molecule has 0 aromatic heterocycles. The average Bonchev–Trinajstić information content (AvgIpc) is 2.45. The van der Waals surface area contributed by atoms with E-state index in [-0.39, 0.29) is 5.60 Å². The van der Waals surface area contributed by atoms with Crippen molar-refractivity contribution in [1.82, 2.24) is 0 Å². The van der Waals surface area contributed by atoms with Crippen LogP contribution in [0.3, 0.4) is 0 Å². The van der Waals surface area contributed by atoms with Crippen molar-refractivity contribution in [3.8, 4) is 0 Å². The third kappa shape index (κ3) is 1.30. The summed E-state index contributed by atoms with van der Waals surface area (Å²) >= 11 is 0. The summed E-state index contributed by atoms with van der Waals surface area (Å²) in [6.45, 7) is 5.33. The molecule has 1 aliphatic heterocycles. The number of hydrogen-bond donors (Lipinski definition) is 1. The van der Waals surface area contributed by atoms with Crippen molar-refractivity contribution < 1.29 is 4.74 Å². The molecule has 3 atom stereocenters. The van der Waals surface area contributed by atoms with Gasteiger partial charge in [-0.25, -0.2) is 4.99 Å². The zero-order valence-electron chi connectivity index (χ0n) is 8.42. The maximum atomic E-state index is 5.70. The SMILES string of the molecule is CC1CCCC2(CN=C(N)O2)C1C. The Labute approximate surface area is 79.4 Å². The zero-order valence-corrected chi connectivity index (χ0v) is 8.42. The molecule has 1 heterocycles. The number of nitrogens with zero attached hydrogens (tertiary/aromatic N) is 1. The van der Waals surface area contributed by atoms with Crippen LogP contribution in [0.15, 0.2) is 4.99 Å². The first-order chi connectivity index (χ1) is 6.14. The highest BCUT2D eigenvalue weighted by atomic mass is 16.5. The molecule has 1 saturated carbocycles. The highest BCUT2D eigenvalue weighted by molar-refractivity contribution is 5.73. The lowest BCUT2D eigenvalue weighted by atomic mass is 9.70. The predicted octanol–water partition coefficient (Wildman–Crippen LogP) is 1.53. The number of aliphatic imine (C=N–C) groups is 1. The van der Waals surface area contributed by atoms with Gasteiger partial charge in [0.25, 0.3) is 6.02 Å². The van der Waals surface area contributed by atoms with E-state index in [1.165, 1.54) is 12.8 Å². The van der Waals surface area contributed by atoms with Crippen molar-refractivity contribution in [2.75, 3.05) is 6.54 Å². The Morgan fingerprint density at radius 2 is 2.31 bits per heavy atom. The summed E-state index contributed by atoms with van der Waals surface area (Å²) in [4.78, 5) is 4.17. The first kappa shape index (κ1) is 8.85. The van der Waals surface area contributed by atoms with Crippen LogP contribution < -0.4 is 5.73 Å². The molecule has 0 aromatic carbocycles. The molecule has 2 aliphatic rings. The molecule has 0 radical (unpaired) electrons. The number of amidine groups is 1. The van der Waals surface area contributed by atoms with Gasteiger partial charge in [0, 0.05) is 5.92 Å². The van der Waals surface area contributed by atoms with Crippen LogP contribution in [-0.4, -0.2) is 18.2 Å². The van der Waals surface area contributed by atoms with Crippen LogP contribution in [0.2, 0.25) is 0 Å². The first-order valence-electron chi connectivity index (χ1n) is 5.13. The lowest BCUT2D eigenvalue weighted by Crippen LogP contribution is -2.46. The number of rotatable bonds is 0. The van der Waals surface area contributed by atoms with Gasteiger partial charge >= 0.3 is 0 Å². The maximum absolute atomic E-state index is 5.70. The van der Waals surface area contributed by atoms with E-state index < -0.39 is 0 Å². The molecule has 3 nitrogen and oxygen atoms in total. The van der Waals surface area contributed by atoms with Gasteiger partial charge < -0.3 is 10.5 Å². The molecular weight excluding hydrogens is 164 g/mol. The molecule has 74 valence electrons. The maximum Gasteiger partial charge on any atom is 0.282 e. The van der Waals surface area contributed by atoms with Gasteiger partial charge in [-0.15, -0.1) is 0 Å². The predicted molar refractivity (Wildman–Crippen MR) is 52.5 cm³/mol. The molecule has 0 aromatic rings. The van der Waals surface area contributed by atoms with Crippen LogP contribution in [-0.2, 0) is 4.74 Å². The zero-order chi connectivity index (χ0) is 9.47. The summed E-state index contributed by atoms with van der Waals surface area (Å²) in [5, 5.41) is 0. The van der Waals surface area contributed by atoms with Crippen LogP contribution >= 0.6 is 0 Å². The van der Waals surface area contributed by atoms with E-state index in [1.807, 2.05) is 0 Å². The molecule has 13 heavy (non-hydrogen) atoms. The molecule has 1 fully saturated rings. The topological polar surface area (TPSA) is 47.6 Å². The van der Waals surface area contributed by atoms with Gasteiger partial charge in [0.05, 0.1) is 6.54 Å². The lowest BCUT2D eigenvalue weighted by Gasteiger charge is -2.41. The van der Waals surface area contributed by atoms with Crippen molar-refractivity contribution >= 4 is 6.02 Å². The molecule has 3 heteroatoms. The normalized spacial score (nSPS) is 44.6. The highest BCUT2D eigenvalue weighted by Crippen LogP contribution is 2.42. The van der Waals surface area contributed by atoms with Gasteiger partial charge in [-0.2, -0.15) is 0 Å². The second-order valence-electron chi connectivity index (χ2n) is 4.48. The van der Waals surface area contributed by atoms with Crippen molar-refractivity contribution in [1.29, 1.82) is 0 Å². The minimum absolute atomic E-state index is 0.0538. The fourth-order valence-electron chi connectivity index (χ4n) is 2.57. The summed E-state index contributed by atoms with van der Waals surface area (Å²) < 4.78 is 5.70. The van der Waals surface area contributed by atoms with Crippen LogP contribution in [0.4, 0.5) is 0 Å². The van der Waals surface area contributed by atoms with E-state index in [0.717, 1.165) is 18.9 Å². The van der Waals surface area contributed by atoms with E-state index >= 15 is 0 Å².